The lowest BCUT2D eigenvalue weighted by Gasteiger charge is -2.27. The molecule has 1 saturated heterocycles. The normalized spacial score (nSPS) is 31.7. The van der Waals surface area contributed by atoms with E-state index < -0.39 is 18.2 Å². The van der Waals surface area contributed by atoms with Crippen LogP contribution in [0.4, 0.5) is 5.69 Å². The highest BCUT2D eigenvalue weighted by Gasteiger charge is 2.47. The molecule has 1 fully saturated rings. The number of anilines is 1. The Bertz CT molecular complexity index is 462. The highest BCUT2D eigenvalue weighted by molar-refractivity contribution is 6.35. The van der Waals surface area contributed by atoms with Crippen LogP contribution in [0.1, 0.15) is 6.92 Å². The van der Waals surface area contributed by atoms with E-state index in [9.17, 15) is 10.2 Å². The molecule has 0 saturated carbocycles. The maximum atomic E-state index is 10.2. The first-order valence-electron chi connectivity index (χ1n) is 5.29. The fourth-order valence-electron chi connectivity index (χ4n) is 1.85. The molecule has 2 rings (SSSR count). The number of rotatable bonds is 2. The van der Waals surface area contributed by atoms with E-state index in [1.54, 1.807) is 25.1 Å². The van der Waals surface area contributed by atoms with Crippen molar-refractivity contribution in [2.45, 2.75) is 25.2 Å². The molecule has 1 aromatic rings. The Hall–Kier alpha value is -0.780. The summed E-state index contributed by atoms with van der Waals surface area (Å²) >= 11 is 11.8. The summed E-state index contributed by atoms with van der Waals surface area (Å²) in [6, 6.07) is 4.73. The van der Waals surface area contributed by atoms with Crippen LogP contribution in [0.25, 0.3) is 0 Å². The molecular formula is C12H13Cl2NO3. The van der Waals surface area contributed by atoms with Gasteiger partial charge in [0.1, 0.15) is 5.60 Å². The summed E-state index contributed by atoms with van der Waals surface area (Å²) in [7, 11) is 0. The number of hydrogen-bond donors (Lipinski definition) is 2. The van der Waals surface area contributed by atoms with Gasteiger partial charge in [-0.2, -0.15) is 0 Å². The van der Waals surface area contributed by atoms with Gasteiger partial charge >= 0.3 is 0 Å². The molecule has 1 heterocycles. The van der Waals surface area contributed by atoms with Gasteiger partial charge in [-0.1, -0.05) is 29.3 Å². The van der Waals surface area contributed by atoms with Crippen LogP contribution in [0.5, 0.6) is 0 Å². The summed E-state index contributed by atoms with van der Waals surface area (Å²) in [5, 5.41) is 20.9. The van der Waals surface area contributed by atoms with Crippen LogP contribution in [-0.4, -0.2) is 28.5 Å². The fraction of sp³-hybridized carbons (Fsp3) is 0.333. The average molecular weight is 290 g/mol. The predicted molar refractivity (Wildman–Crippen MR) is 70.6 cm³/mol. The molecule has 0 aromatic heterocycles. The van der Waals surface area contributed by atoms with Crippen molar-refractivity contribution in [3.63, 3.8) is 0 Å². The van der Waals surface area contributed by atoms with Crippen LogP contribution in [0, 0.1) is 0 Å². The first kappa shape index (κ1) is 13.6. The molecule has 0 amide bonds. The van der Waals surface area contributed by atoms with E-state index in [0.717, 1.165) is 0 Å². The van der Waals surface area contributed by atoms with E-state index in [2.05, 4.69) is 6.58 Å². The minimum Gasteiger partial charge on any atom is -0.370 e. The number of halogens is 2. The minimum absolute atomic E-state index is 0.407. The van der Waals surface area contributed by atoms with E-state index in [1.807, 2.05) is 0 Å². The van der Waals surface area contributed by atoms with Gasteiger partial charge in [-0.25, -0.2) is 0 Å². The molecule has 1 aliphatic heterocycles. The van der Waals surface area contributed by atoms with Crippen molar-refractivity contribution in [1.29, 1.82) is 0 Å². The molecule has 0 radical (unpaired) electrons. The zero-order chi connectivity index (χ0) is 13.5. The quantitative estimate of drug-likeness (QED) is 0.821. The highest BCUT2D eigenvalue weighted by atomic mass is 35.5. The average Bonchev–Trinajstić information content (AvgIpc) is 2.49. The van der Waals surface area contributed by atoms with Gasteiger partial charge < -0.3 is 14.9 Å². The molecule has 6 heteroatoms. The van der Waals surface area contributed by atoms with E-state index in [0.29, 0.717) is 15.7 Å². The standard InChI is InChI=1S/C12H13Cl2NO3/c1-3-12(2)10(16)15(11(17)18-12)9-5-7(13)4-8(14)6-9/h3-6,10-11,16-17H,1H2,2H3. The van der Waals surface area contributed by atoms with Gasteiger partial charge in [-0.15, -0.1) is 6.58 Å². The topological polar surface area (TPSA) is 52.9 Å². The molecule has 98 valence electrons. The van der Waals surface area contributed by atoms with Gasteiger partial charge in [-0.05, 0) is 25.1 Å². The molecule has 3 unspecified atom stereocenters. The number of aliphatic hydroxyl groups is 2. The number of benzene rings is 1. The SMILES string of the molecule is C=CC1(C)OC(O)N(c2cc(Cl)cc(Cl)c2)C1O. The van der Waals surface area contributed by atoms with Gasteiger partial charge in [0.2, 0.25) is 6.41 Å². The lowest BCUT2D eigenvalue weighted by Crippen LogP contribution is -2.43. The van der Waals surface area contributed by atoms with Gasteiger partial charge in [0.05, 0.1) is 0 Å². The molecule has 18 heavy (non-hydrogen) atoms. The van der Waals surface area contributed by atoms with Crippen LogP contribution in [-0.2, 0) is 4.74 Å². The number of aliphatic hydroxyl groups excluding tert-OH is 2. The minimum atomic E-state index is -1.29. The van der Waals surface area contributed by atoms with Crippen LogP contribution in [0.15, 0.2) is 30.9 Å². The van der Waals surface area contributed by atoms with Gasteiger partial charge in [0.25, 0.3) is 0 Å². The Morgan fingerprint density at radius 2 is 1.89 bits per heavy atom. The smallest absolute Gasteiger partial charge is 0.241 e. The molecular weight excluding hydrogens is 277 g/mol. The van der Waals surface area contributed by atoms with Crippen molar-refractivity contribution in [2.75, 3.05) is 4.90 Å². The van der Waals surface area contributed by atoms with E-state index in [1.165, 1.54) is 11.0 Å². The molecule has 0 aliphatic carbocycles. The molecule has 2 N–H and O–H groups in total. The zero-order valence-corrected chi connectivity index (χ0v) is 11.2. The van der Waals surface area contributed by atoms with Crippen molar-refractivity contribution in [3.05, 3.63) is 40.9 Å². The Balaban J connectivity index is 2.41. The Labute approximate surface area is 115 Å². The van der Waals surface area contributed by atoms with Crippen molar-refractivity contribution in [1.82, 2.24) is 0 Å². The van der Waals surface area contributed by atoms with Crippen molar-refractivity contribution in [2.24, 2.45) is 0 Å². The highest BCUT2D eigenvalue weighted by Crippen LogP contribution is 2.37. The summed E-state index contributed by atoms with van der Waals surface area (Å²) in [4.78, 5) is 1.28. The van der Waals surface area contributed by atoms with Crippen LogP contribution in [0.3, 0.4) is 0 Å². The van der Waals surface area contributed by atoms with Gasteiger partial charge in [0.15, 0.2) is 6.23 Å². The number of nitrogens with zero attached hydrogens (tertiary/aromatic N) is 1. The largest absolute Gasteiger partial charge is 0.370 e. The zero-order valence-electron chi connectivity index (χ0n) is 9.68. The summed E-state index contributed by atoms with van der Waals surface area (Å²) in [6.45, 7) is 5.21. The molecule has 4 nitrogen and oxygen atoms in total. The third-order valence-corrected chi connectivity index (χ3v) is 3.36. The Morgan fingerprint density at radius 1 is 1.33 bits per heavy atom. The maximum absolute atomic E-state index is 10.2. The van der Waals surface area contributed by atoms with Crippen molar-refractivity contribution in [3.8, 4) is 0 Å². The Morgan fingerprint density at radius 3 is 2.33 bits per heavy atom. The van der Waals surface area contributed by atoms with Gasteiger partial charge in [-0.3, -0.25) is 4.90 Å². The second-order valence-electron chi connectivity index (χ2n) is 4.24. The lowest BCUT2D eigenvalue weighted by molar-refractivity contribution is -0.120. The third kappa shape index (κ3) is 2.22. The van der Waals surface area contributed by atoms with Crippen LogP contribution in [0.2, 0.25) is 10.0 Å². The summed E-state index contributed by atoms with van der Waals surface area (Å²) in [5.41, 5.74) is -0.591. The summed E-state index contributed by atoms with van der Waals surface area (Å²) < 4.78 is 5.28. The van der Waals surface area contributed by atoms with Crippen molar-refractivity contribution >= 4 is 28.9 Å². The summed E-state index contributed by atoms with van der Waals surface area (Å²) in [5.74, 6) is 0. The summed E-state index contributed by atoms with van der Waals surface area (Å²) in [6.07, 6.45) is -0.940. The van der Waals surface area contributed by atoms with E-state index in [4.69, 9.17) is 27.9 Å². The molecule has 1 aliphatic rings. The monoisotopic (exact) mass is 289 g/mol. The van der Waals surface area contributed by atoms with E-state index >= 15 is 0 Å². The molecule has 0 spiro atoms. The number of ether oxygens (including phenoxy) is 1. The fourth-order valence-corrected chi connectivity index (χ4v) is 2.37. The first-order chi connectivity index (χ1) is 8.37. The second-order valence-corrected chi connectivity index (χ2v) is 5.11. The third-order valence-electron chi connectivity index (χ3n) is 2.92. The lowest BCUT2D eigenvalue weighted by atomic mass is 10.1. The van der Waals surface area contributed by atoms with Crippen LogP contribution >= 0.6 is 23.2 Å². The van der Waals surface area contributed by atoms with Gasteiger partial charge in [0, 0.05) is 15.7 Å². The molecule has 1 aromatic carbocycles. The Kier molecular flexibility index (Phi) is 3.58. The first-order valence-corrected chi connectivity index (χ1v) is 6.05. The van der Waals surface area contributed by atoms with Crippen molar-refractivity contribution < 1.29 is 14.9 Å². The predicted octanol–water partition coefficient (Wildman–Crippen LogP) is 2.37. The maximum Gasteiger partial charge on any atom is 0.241 e. The molecule has 0 bridgehead atoms. The molecule has 3 atom stereocenters. The van der Waals surface area contributed by atoms with E-state index in [-0.39, 0.29) is 0 Å². The second kappa shape index (κ2) is 4.72. The van der Waals surface area contributed by atoms with Crippen LogP contribution < -0.4 is 4.90 Å². The number of hydrogen-bond acceptors (Lipinski definition) is 4.